The van der Waals surface area contributed by atoms with Gasteiger partial charge in [0.2, 0.25) is 15.9 Å². The zero-order chi connectivity index (χ0) is 25.3. The minimum atomic E-state index is -3.88. The number of carbonyl (C=O) groups excluding carboxylic acids is 1. The average Bonchev–Trinajstić information content (AvgIpc) is 3.39. The molecule has 1 amide bonds. The topological polar surface area (TPSA) is 57.7 Å². The van der Waals surface area contributed by atoms with Crippen LogP contribution in [0.3, 0.4) is 0 Å². The number of fused-ring (bicyclic) bond motifs is 2. The van der Waals surface area contributed by atoms with E-state index in [1.165, 1.54) is 9.18 Å². The van der Waals surface area contributed by atoms with Crippen molar-refractivity contribution in [3.63, 3.8) is 0 Å². The molecule has 7 heteroatoms. The highest BCUT2D eigenvalue weighted by atomic mass is 32.2. The van der Waals surface area contributed by atoms with Crippen LogP contribution >= 0.6 is 11.3 Å². The standard InChI is InChI=1S/C29H30N2O3S2/c1-3-21(2)31(36(33,34)25-14-13-22-9-7-8-12-24(22)19-25)20-28(32)30-17-15-27-26(16-18-35-27)29(30)23-10-5-4-6-11-23/h4-14,16,18-19,21,29H,3,15,17,20H2,1-2H3/t21-,29-/m1/s1. The minimum Gasteiger partial charge on any atom is -0.330 e. The van der Waals surface area contributed by atoms with E-state index < -0.39 is 10.0 Å². The predicted octanol–water partition coefficient (Wildman–Crippen LogP) is 5.86. The summed E-state index contributed by atoms with van der Waals surface area (Å²) in [4.78, 5) is 17.2. The molecule has 5 nitrogen and oxygen atoms in total. The number of hydrogen-bond donors (Lipinski definition) is 0. The smallest absolute Gasteiger partial charge is 0.243 e. The van der Waals surface area contributed by atoms with Crippen LogP contribution in [-0.4, -0.2) is 42.7 Å². The number of benzene rings is 3. The highest BCUT2D eigenvalue weighted by molar-refractivity contribution is 7.89. The van der Waals surface area contributed by atoms with Crippen LogP contribution in [0.2, 0.25) is 0 Å². The molecule has 0 saturated carbocycles. The molecular formula is C29H30N2O3S2. The van der Waals surface area contributed by atoms with Gasteiger partial charge >= 0.3 is 0 Å². The van der Waals surface area contributed by atoms with Crippen molar-refractivity contribution >= 4 is 38.0 Å². The lowest BCUT2D eigenvalue weighted by Gasteiger charge is -2.38. The highest BCUT2D eigenvalue weighted by Gasteiger charge is 2.37. The molecule has 1 aliphatic rings. The summed E-state index contributed by atoms with van der Waals surface area (Å²) >= 11 is 1.72. The van der Waals surface area contributed by atoms with E-state index in [1.807, 2.05) is 79.4 Å². The Morgan fingerprint density at radius 3 is 2.50 bits per heavy atom. The van der Waals surface area contributed by atoms with E-state index in [9.17, 15) is 13.2 Å². The molecule has 0 fully saturated rings. The minimum absolute atomic E-state index is 0.176. The van der Waals surface area contributed by atoms with Gasteiger partial charge in [-0.05, 0) is 65.2 Å². The van der Waals surface area contributed by atoms with E-state index in [2.05, 4.69) is 11.4 Å². The summed E-state index contributed by atoms with van der Waals surface area (Å²) in [5.74, 6) is -0.176. The molecule has 1 aromatic heterocycles. The molecule has 0 radical (unpaired) electrons. The molecule has 36 heavy (non-hydrogen) atoms. The maximum absolute atomic E-state index is 13.9. The Labute approximate surface area is 217 Å². The van der Waals surface area contributed by atoms with Crippen LogP contribution in [0.1, 0.15) is 42.3 Å². The number of amides is 1. The van der Waals surface area contributed by atoms with Gasteiger partial charge in [-0.1, -0.05) is 67.6 Å². The lowest BCUT2D eigenvalue weighted by molar-refractivity contribution is -0.133. The van der Waals surface area contributed by atoms with Gasteiger partial charge in [0.15, 0.2) is 0 Å². The zero-order valence-corrected chi connectivity index (χ0v) is 22.1. The van der Waals surface area contributed by atoms with Gasteiger partial charge in [0.1, 0.15) is 0 Å². The number of nitrogens with zero attached hydrogens (tertiary/aromatic N) is 2. The molecule has 2 atom stereocenters. The average molecular weight is 519 g/mol. The third-order valence-electron chi connectivity index (χ3n) is 7.10. The lowest BCUT2D eigenvalue weighted by Crippen LogP contribution is -2.49. The Kier molecular flexibility index (Phi) is 6.97. The summed E-state index contributed by atoms with van der Waals surface area (Å²) in [6.07, 6.45) is 1.39. The van der Waals surface area contributed by atoms with Crippen molar-refractivity contribution in [2.45, 2.75) is 43.7 Å². The van der Waals surface area contributed by atoms with Gasteiger partial charge in [0.25, 0.3) is 0 Å². The van der Waals surface area contributed by atoms with Crippen LogP contribution in [0.15, 0.2) is 89.1 Å². The third kappa shape index (κ3) is 4.59. The first-order valence-corrected chi connectivity index (χ1v) is 14.6. The number of thiophene rings is 1. The molecule has 0 aliphatic carbocycles. The molecule has 0 bridgehead atoms. The monoisotopic (exact) mass is 518 g/mol. The third-order valence-corrected chi connectivity index (χ3v) is 10.1. The number of rotatable bonds is 7. The van der Waals surface area contributed by atoms with Crippen molar-refractivity contribution in [2.75, 3.05) is 13.1 Å². The summed E-state index contributed by atoms with van der Waals surface area (Å²) in [7, 11) is -3.88. The van der Waals surface area contributed by atoms with Gasteiger partial charge in [-0.15, -0.1) is 11.3 Å². The van der Waals surface area contributed by atoms with Crippen LogP contribution in [0.5, 0.6) is 0 Å². The maximum Gasteiger partial charge on any atom is 0.243 e. The first-order valence-electron chi connectivity index (χ1n) is 12.3. The summed E-state index contributed by atoms with van der Waals surface area (Å²) in [5, 5.41) is 3.91. The predicted molar refractivity (Wildman–Crippen MR) is 146 cm³/mol. The molecule has 4 aromatic rings. The van der Waals surface area contributed by atoms with Crippen LogP contribution < -0.4 is 0 Å². The normalized spacial score (nSPS) is 16.8. The van der Waals surface area contributed by atoms with Crippen molar-refractivity contribution in [1.29, 1.82) is 0 Å². The summed E-state index contributed by atoms with van der Waals surface area (Å²) in [5.41, 5.74) is 2.18. The fourth-order valence-corrected chi connectivity index (χ4v) is 7.54. The van der Waals surface area contributed by atoms with Crippen molar-refractivity contribution in [2.24, 2.45) is 0 Å². The van der Waals surface area contributed by atoms with Crippen LogP contribution in [0, 0.1) is 0 Å². The molecule has 0 N–H and O–H groups in total. The summed E-state index contributed by atoms with van der Waals surface area (Å²) in [6.45, 7) is 4.19. The second kappa shape index (κ2) is 10.2. The number of hydrogen-bond acceptors (Lipinski definition) is 4. The maximum atomic E-state index is 13.9. The van der Waals surface area contributed by atoms with Crippen molar-refractivity contribution < 1.29 is 13.2 Å². The molecular weight excluding hydrogens is 488 g/mol. The van der Waals surface area contributed by atoms with Gasteiger partial charge in [0, 0.05) is 17.5 Å². The van der Waals surface area contributed by atoms with E-state index in [0.29, 0.717) is 13.0 Å². The highest BCUT2D eigenvalue weighted by Crippen LogP contribution is 2.38. The van der Waals surface area contributed by atoms with E-state index in [0.717, 1.165) is 28.3 Å². The SMILES string of the molecule is CC[C@@H](C)N(CC(=O)N1CCc2sccc2[C@H]1c1ccccc1)S(=O)(=O)c1ccc2ccccc2c1. The number of sulfonamides is 1. The largest absolute Gasteiger partial charge is 0.330 e. The Bertz CT molecular complexity index is 1480. The van der Waals surface area contributed by atoms with Gasteiger partial charge in [-0.25, -0.2) is 8.42 Å². The first-order chi connectivity index (χ1) is 17.4. The molecule has 5 rings (SSSR count). The van der Waals surface area contributed by atoms with Crippen molar-refractivity contribution in [3.05, 3.63) is 100 Å². The second-order valence-electron chi connectivity index (χ2n) is 9.27. The van der Waals surface area contributed by atoms with Gasteiger partial charge in [-0.3, -0.25) is 4.79 Å². The molecule has 2 heterocycles. The lowest BCUT2D eigenvalue weighted by atomic mass is 9.93. The molecule has 0 saturated heterocycles. The van der Waals surface area contributed by atoms with Gasteiger partial charge in [-0.2, -0.15) is 4.31 Å². The van der Waals surface area contributed by atoms with Gasteiger partial charge in [0.05, 0.1) is 17.5 Å². The van der Waals surface area contributed by atoms with E-state index in [4.69, 9.17) is 0 Å². The fourth-order valence-electron chi connectivity index (χ4n) is 4.95. The Hall–Kier alpha value is -3.00. The molecule has 0 unspecified atom stereocenters. The van der Waals surface area contributed by atoms with Crippen LogP contribution in [-0.2, 0) is 21.2 Å². The van der Waals surface area contributed by atoms with Crippen LogP contribution in [0.4, 0.5) is 0 Å². The Morgan fingerprint density at radius 2 is 1.75 bits per heavy atom. The summed E-state index contributed by atoms with van der Waals surface area (Å²) < 4.78 is 29.1. The summed E-state index contributed by atoms with van der Waals surface area (Å²) in [6, 6.07) is 24.4. The van der Waals surface area contributed by atoms with Crippen molar-refractivity contribution in [3.8, 4) is 0 Å². The molecule has 1 aliphatic heterocycles. The zero-order valence-electron chi connectivity index (χ0n) is 20.5. The quantitative estimate of drug-likeness (QED) is 0.308. The van der Waals surface area contributed by atoms with E-state index in [-0.39, 0.29) is 29.4 Å². The molecule has 3 aromatic carbocycles. The second-order valence-corrected chi connectivity index (χ2v) is 12.2. The van der Waals surface area contributed by atoms with E-state index >= 15 is 0 Å². The van der Waals surface area contributed by atoms with Crippen molar-refractivity contribution in [1.82, 2.24) is 9.21 Å². The molecule has 0 spiro atoms. The van der Waals surface area contributed by atoms with E-state index in [1.54, 1.807) is 23.5 Å². The Balaban J connectivity index is 1.49. The number of carbonyl (C=O) groups is 1. The molecule has 186 valence electrons. The van der Waals surface area contributed by atoms with Crippen LogP contribution in [0.25, 0.3) is 10.8 Å². The van der Waals surface area contributed by atoms with Gasteiger partial charge < -0.3 is 4.90 Å². The fraction of sp³-hybridized carbons (Fsp3) is 0.276. The first kappa shape index (κ1) is 24.7. The Morgan fingerprint density at radius 1 is 1.03 bits per heavy atom.